The van der Waals surface area contributed by atoms with Crippen molar-refractivity contribution in [1.82, 2.24) is 0 Å². The molecule has 5 heteroatoms. The number of hydrogen-bond donors (Lipinski definition) is 2. The summed E-state index contributed by atoms with van der Waals surface area (Å²) >= 11 is 5.06. The van der Waals surface area contributed by atoms with Crippen LogP contribution in [0.2, 0.25) is 0 Å². The van der Waals surface area contributed by atoms with E-state index in [9.17, 15) is 4.79 Å². The molecule has 1 aromatic carbocycles. The molecule has 0 fully saturated rings. The van der Waals surface area contributed by atoms with Crippen molar-refractivity contribution in [2.45, 2.75) is 6.42 Å². The predicted octanol–water partition coefficient (Wildman–Crippen LogP) is 3.86. The summed E-state index contributed by atoms with van der Waals surface area (Å²) in [7, 11) is 0. The van der Waals surface area contributed by atoms with Gasteiger partial charge in [0, 0.05) is 16.7 Å². The number of carbonyl (C=O) groups is 1. The Bertz CT molecular complexity index is 540. The number of rotatable bonds is 5. The molecule has 18 heavy (non-hydrogen) atoms. The van der Waals surface area contributed by atoms with Crippen molar-refractivity contribution in [3.63, 3.8) is 0 Å². The monoisotopic (exact) mass is 325 g/mol. The number of aromatic carboxylic acids is 1. The van der Waals surface area contributed by atoms with Crippen LogP contribution in [0.5, 0.6) is 0 Å². The smallest absolute Gasteiger partial charge is 0.335 e. The van der Waals surface area contributed by atoms with Gasteiger partial charge in [-0.15, -0.1) is 0 Å². The molecule has 0 spiro atoms. The summed E-state index contributed by atoms with van der Waals surface area (Å²) in [6.07, 6.45) is 0.955. The van der Waals surface area contributed by atoms with Gasteiger partial charge >= 0.3 is 5.97 Å². The molecule has 0 aliphatic rings. The van der Waals surface area contributed by atoms with Gasteiger partial charge in [-0.2, -0.15) is 11.3 Å². The van der Waals surface area contributed by atoms with Gasteiger partial charge in [0.05, 0.1) is 5.56 Å². The molecule has 1 aromatic heterocycles. The van der Waals surface area contributed by atoms with E-state index in [2.05, 4.69) is 38.1 Å². The van der Waals surface area contributed by atoms with Gasteiger partial charge < -0.3 is 10.4 Å². The predicted molar refractivity (Wildman–Crippen MR) is 77.6 cm³/mol. The number of benzene rings is 1. The third-order valence-electron chi connectivity index (χ3n) is 2.53. The molecule has 0 aliphatic carbocycles. The molecule has 0 amide bonds. The minimum Gasteiger partial charge on any atom is -0.478 e. The van der Waals surface area contributed by atoms with E-state index in [1.54, 1.807) is 29.5 Å². The minimum absolute atomic E-state index is 0.283. The summed E-state index contributed by atoms with van der Waals surface area (Å²) in [5.41, 5.74) is 2.51. The summed E-state index contributed by atoms with van der Waals surface area (Å²) in [4.78, 5) is 10.8. The van der Waals surface area contributed by atoms with Crippen molar-refractivity contribution < 1.29 is 9.90 Å². The Morgan fingerprint density at radius 1 is 1.39 bits per heavy atom. The standard InChI is InChI=1S/C13H12BrNO2S/c14-11-7-10(13(16)17)1-2-12(11)15-5-3-9-4-6-18-8-9/h1-2,4,6-8,15H,3,5H2,(H,16,17). The Balaban J connectivity index is 1.95. The maximum atomic E-state index is 10.8. The van der Waals surface area contributed by atoms with E-state index < -0.39 is 5.97 Å². The highest BCUT2D eigenvalue weighted by Crippen LogP contribution is 2.23. The second kappa shape index (κ2) is 6.02. The zero-order valence-electron chi connectivity index (χ0n) is 9.52. The minimum atomic E-state index is -0.916. The average Bonchev–Trinajstić information content (AvgIpc) is 2.84. The van der Waals surface area contributed by atoms with Crippen LogP contribution in [0, 0.1) is 0 Å². The SMILES string of the molecule is O=C(O)c1ccc(NCCc2ccsc2)c(Br)c1. The Morgan fingerprint density at radius 2 is 2.22 bits per heavy atom. The Labute approximate surface area is 118 Å². The van der Waals surface area contributed by atoms with Gasteiger partial charge in [-0.05, 0) is 62.9 Å². The molecule has 2 rings (SSSR count). The first-order valence-electron chi connectivity index (χ1n) is 5.44. The highest BCUT2D eigenvalue weighted by atomic mass is 79.9. The molecular weight excluding hydrogens is 314 g/mol. The number of thiophene rings is 1. The van der Waals surface area contributed by atoms with Gasteiger partial charge in [-0.3, -0.25) is 0 Å². The first-order chi connectivity index (χ1) is 8.66. The zero-order chi connectivity index (χ0) is 13.0. The van der Waals surface area contributed by atoms with Crippen LogP contribution in [0.15, 0.2) is 39.5 Å². The van der Waals surface area contributed by atoms with E-state index >= 15 is 0 Å². The molecule has 1 heterocycles. The van der Waals surface area contributed by atoms with E-state index in [0.29, 0.717) is 0 Å². The molecule has 0 bridgehead atoms. The fourth-order valence-electron chi connectivity index (χ4n) is 1.57. The largest absolute Gasteiger partial charge is 0.478 e. The molecule has 94 valence electrons. The molecule has 0 saturated heterocycles. The van der Waals surface area contributed by atoms with Gasteiger partial charge in [0.25, 0.3) is 0 Å². The van der Waals surface area contributed by atoms with E-state index in [1.165, 1.54) is 5.56 Å². The first kappa shape index (κ1) is 13.1. The van der Waals surface area contributed by atoms with Crippen LogP contribution < -0.4 is 5.32 Å². The van der Waals surface area contributed by atoms with Crippen molar-refractivity contribution in [2.24, 2.45) is 0 Å². The van der Waals surface area contributed by atoms with Crippen LogP contribution in [0.1, 0.15) is 15.9 Å². The molecule has 0 atom stereocenters. The van der Waals surface area contributed by atoms with Gasteiger partial charge in [0.1, 0.15) is 0 Å². The third-order valence-corrected chi connectivity index (χ3v) is 3.91. The van der Waals surface area contributed by atoms with E-state index in [4.69, 9.17) is 5.11 Å². The summed E-state index contributed by atoms with van der Waals surface area (Å²) in [5, 5.41) is 16.3. The third kappa shape index (κ3) is 3.34. The van der Waals surface area contributed by atoms with E-state index in [0.717, 1.165) is 23.1 Å². The second-order valence-electron chi connectivity index (χ2n) is 3.81. The molecular formula is C13H12BrNO2S. The van der Waals surface area contributed by atoms with Gasteiger partial charge in [-0.25, -0.2) is 4.79 Å². The van der Waals surface area contributed by atoms with Crippen LogP contribution in [-0.4, -0.2) is 17.6 Å². The quantitative estimate of drug-likeness (QED) is 0.877. The maximum Gasteiger partial charge on any atom is 0.335 e. The molecule has 0 radical (unpaired) electrons. The van der Waals surface area contributed by atoms with Crippen molar-refractivity contribution in [3.05, 3.63) is 50.6 Å². The van der Waals surface area contributed by atoms with E-state index in [-0.39, 0.29) is 5.56 Å². The van der Waals surface area contributed by atoms with Crippen LogP contribution in [0.4, 0.5) is 5.69 Å². The molecule has 3 nitrogen and oxygen atoms in total. The lowest BCUT2D eigenvalue weighted by molar-refractivity contribution is 0.0697. The maximum absolute atomic E-state index is 10.8. The normalized spacial score (nSPS) is 10.3. The molecule has 2 N–H and O–H groups in total. The molecule has 0 unspecified atom stereocenters. The van der Waals surface area contributed by atoms with Crippen LogP contribution in [-0.2, 0) is 6.42 Å². The second-order valence-corrected chi connectivity index (χ2v) is 5.44. The fraction of sp³-hybridized carbons (Fsp3) is 0.154. The summed E-state index contributed by atoms with van der Waals surface area (Å²) in [6, 6.07) is 7.09. The Morgan fingerprint density at radius 3 is 2.83 bits per heavy atom. The number of carboxylic acids is 1. The van der Waals surface area contributed by atoms with Crippen molar-refractivity contribution in [1.29, 1.82) is 0 Å². The molecule has 0 aliphatic heterocycles. The lowest BCUT2D eigenvalue weighted by Crippen LogP contribution is -2.05. The first-order valence-corrected chi connectivity index (χ1v) is 7.18. The van der Waals surface area contributed by atoms with Crippen molar-refractivity contribution in [3.8, 4) is 0 Å². The Kier molecular flexibility index (Phi) is 4.38. The van der Waals surface area contributed by atoms with Gasteiger partial charge in [-0.1, -0.05) is 0 Å². The number of halogens is 1. The average molecular weight is 326 g/mol. The molecule has 0 saturated carbocycles. The topological polar surface area (TPSA) is 49.3 Å². The Hall–Kier alpha value is -1.33. The van der Waals surface area contributed by atoms with Crippen molar-refractivity contribution >= 4 is 38.9 Å². The van der Waals surface area contributed by atoms with E-state index in [1.807, 2.05) is 0 Å². The number of carboxylic acid groups (broad SMARTS) is 1. The summed E-state index contributed by atoms with van der Waals surface area (Å²) in [5.74, 6) is -0.916. The van der Waals surface area contributed by atoms with Gasteiger partial charge in [0.2, 0.25) is 0 Å². The lowest BCUT2D eigenvalue weighted by atomic mass is 10.2. The van der Waals surface area contributed by atoms with Gasteiger partial charge in [0.15, 0.2) is 0 Å². The number of hydrogen-bond acceptors (Lipinski definition) is 3. The highest BCUT2D eigenvalue weighted by Gasteiger charge is 2.06. The zero-order valence-corrected chi connectivity index (χ0v) is 11.9. The summed E-state index contributed by atoms with van der Waals surface area (Å²) < 4.78 is 0.771. The number of nitrogens with one attached hydrogen (secondary N) is 1. The summed E-state index contributed by atoms with van der Waals surface area (Å²) in [6.45, 7) is 0.821. The van der Waals surface area contributed by atoms with Crippen LogP contribution in [0.3, 0.4) is 0 Å². The van der Waals surface area contributed by atoms with Crippen LogP contribution >= 0.6 is 27.3 Å². The molecule has 2 aromatic rings. The van der Waals surface area contributed by atoms with Crippen LogP contribution in [0.25, 0.3) is 0 Å². The lowest BCUT2D eigenvalue weighted by Gasteiger charge is -2.08. The highest BCUT2D eigenvalue weighted by molar-refractivity contribution is 9.10. The van der Waals surface area contributed by atoms with Crippen molar-refractivity contribution in [2.75, 3.05) is 11.9 Å². The fourth-order valence-corrected chi connectivity index (χ4v) is 2.79. The number of anilines is 1.